The molecule has 4 heterocycles. The third-order valence-corrected chi connectivity index (χ3v) is 6.20. The maximum Gasteiger partial charge on any atom is 0.192 e. The fourth-order valence-corrected chi connectivity index (χ4v) is 4.89. The van der Waals surface area contributed by atoms with Gasteiger partial charge in [0.2, 0.25) is 0 Å². The maximum atomic E-state index is 6.17. The van der Waals surface area contributed by atoms with E-state index in [1.807, 2.05) is 26.0 Å². The van der Waals surface area contributed by atoms with Gasteiger partial charge < -0.3 is 19.0 Å². The van der Waals surface area contributed by atoms with E-state index in [1.54, 1.807) is 0 Å². The van der Waals surface area contributed by atoms with E-state index < -0.39 is 12.1 Å². The number of hydrogen-bond acceptors (Lipinski definition) is 7. The molecule has 0 bridgehead atoms. The van der Waals surface area contributed by atoms with E-state index in [0.29, 0.717) is 0 Å². The molecule has 3 fully saturated rings. The first-order chi connectivity index (χ1) is 14.6. The quantitative estimate of drug-likeness (QED) is 0.815. The van der Waals surface area contributed by atoms with Gasteiger partial charge in [-0.15, -0.1) is 0 Å². The Balaban J connectivity index is 1.26. The number of rotatable bonds is 3. The molecule has 0 amide bonds. The Morgan fingerprint density at radius 3 is 2.00 bits per heavy atom. The zero-order chi connectivity index (χ0) is 20.3. The summed E-state index contributed by atoms with van der Waals surface area (Å²) in [4.78, 5) is 5.77. The van der Waals surface area contributed by atoms with Gasteiger partial charge in [-0.05, 0) is 25.0 Å². The first-order valence-electron chi connectivity index (χ1n) is 10.5. The topological polar surface area (TPSA) is 73.3 Å². The van der Waals surface area contributed by atoms with Gasteiger partial charge >= 0.3 is 0 Å². The average molecular weight is 407 g/mol. The van der Waals surface area contributed by atoms with Crippen molar-refractivity contribution in [3.05, 3.63) is 71.8 Å². The number of nitrogens with zero attached hydrogens (tertiary/aromatic N) is 1. The van der Waals surface area contributed by atoms with Gasteiger partial charge in [-0.3, -0.25) is 10.6 Å². The van der Waals surface area contributed by atoms with Gasteiger partial charge in [0, 0.05) is 0 Å². The van der Waals surface area contributed by atoms with Crippen molar-refractivity contribution in [3.63, 3.8) is 0 Å². The number of benzene rings is 2. The Morgan fingerprint density at radius 1 is 0.800 bits per heavy atom. The second kappa shape index (κ2) is 6.87. The van der Waals surface area contributed by atoms with E-state index in [4.69, 9.17) is 19.0 Å². The second-order valence-electron chi connectivity index (χ2n) is 8.65. The molecule has 2 N–H and O–H groups in total. The van der Waals surface area contributed by atoms with Crippen molar-refractivity contribution in [2.75, 3.05) is 0 Å². The van der Waals surface area contributed by atoms with Crippen molar-refractivity contribution in [2.45, 2.75) is 62.5 Å². The summed E-state index contributed by atoms with van der Waals surface area (Å²) in [7, 11) is 0. The molecule has 0 radical (unpaired) electrons. The minimum atomic E-state index is -0.674. The lowest BCUT2D eigenvalue weighted by atomic mass is 9.95. The lowest BCUT2D eigenvalue weighted by Crippen LogP contribution is -2.47. The smallest absolute Gasteiger partial charge is 0.192 e. The Labute approximate surface area is 175 Å². The minimum Gasteiger partial charge on any atom is -0.386 e. The molecule has 2 aromatic carbocycles. The molecule has 30 heavy (non-hydrogen) atoms. The molecule has 0 unspecified atom stereocenters. The molecule has 6 rings (SSSR count). The van der Waals surface area contributed by atoms with Crippen LogP contribution in [0.5, 0.6) is 0 Å². The molecule has 0 aromatic heterocycles. The lowest BCUT2D eigenvalue weighted by Gasteiger charge is -2.22. The minimum absolute atomic E-state index is 0.0905. The second-order valence-corrected chi connectivity index (χ2v) is 8.65. The average Bonchev–Trinajstić information content (AvgIpc) is 3.49. The van der Waals surface area contributed by atoms with Crippen molar-refractivity contribution >= 4 is 5.71 Å². The van der Waals surface area contributed by atoms with Crippen LogP contribution in [-0.2, 0) is 19.0 Å². The van der Waals surface area contributed by atoms with Crippen LogP contribution in [0.15, 0.2) is 65.8 Å². The molecule has 4 aliphatic rings. The van der Waals surface area contributed by atoms with Crippen LogP contribution in [0, 0.1) is 0 Å². The zero-order valence-corrected chi connectivity index (χ0v) is 16.9. The van der Waals surface area contributed by atoms with Crippen LogP contribution in [-0.4, -0.2) is 42.3 Å². The fourth-order valence-electron chi connectivity index (χ4n) is 4.89. The van der Waals surface area contributed by atoms with E-state index in [2.05, 4.69) is 64.3 Å². The Kier molecular flexibility index (Phi) is 4.23. The van der Waals surface area contributed by atoms with Crippen molar-refractivity contribution in [3.8, 4) is 0 Å². The van der Waals surface area contributed by atoms with Gasteiger partial charge in [-0.1, -0.05) is 65.8 Å². The van der Waals surface area contributed by atoms with Gasteiger partial charge in [0.25, 0.3) is 0 Å². The molecule has 0 spiro atoms. The van der Waals surface area contributed by atoms with E-state index in [1.165, 1.54) is 11.1 Å². The summed E-state index contributed by atoms with van der Waals surface area (Å²) in [5.74, 6) is -0.674. The number of nitrogens with one attached hydrogen (secondary N) is 2. The highest BCUT2D eigenvalue weighted by Gasteiger charge is 2.61. The molecule has 156 valence electrons. The van der Waals surface area contributed by atoms with E-state index in [0.717, 1.165) is 5.71 Å². The summed E-state index contributed by atoms with van der Waals surface area (Å²) >= 11 is 0. The molecule has 7 heteroatoms. The van der Waals surface area contributed by atoms with Gasteiger partial charge in [-0.2, -0.15) is 0 Å². The van der Waals surface area contributed by atoms with Crippen LogP contribution in [0.3, 0.4) is 0 Å². The summed E-state index contributed by atoms with van der Waals surface area (Å²) in [6.07, 6.45) is -1.48. The monoisotopic (exact) mass is 407 g/mol. The Bertz CT molecular complexity index is 904. The molecule has 0 saturated carbocycles. The van der Waals surface area contributed by atoms with E-state index in [9.17, 15) is 0 Å². The fraction of sp³-hybridized carbons (Fsp3) is 0.435. The largest absolute Gasteiger partial charge is 0.386 e. The first kappa shape index (κ1) is 18.5. The summed E-state index contributed by atoms with van der Waals surface area (Å²) in [5, 5.41) is 11.8. The highest BCUT2D eigenvalue weighted by Crippen LogP contribution is 2.42. The van der Waals surface area contributed by atoms with Crippen molar-refractivity contribution < 1.29 is 19.0 Å². The molecule has 6 atom stereocenters. The van der Waals surface area contributed by atoms with Gasteiger partial charge in [0.05, 0.1) is 12.1 Å². The van der Waals surface area contributed by atoms with Crippen LogP contribution in [0.1, 0.15) is 37.1 Å². The molecule has 2 aromatic rings. The zero-order valence-electron chi connectivity index (χ0n) is 16.9. The highest BCUT2D eigenvalue weighted by molar-refractivity contribution is 5.95. The Morgan fingerprint density at radius 2 is 1.40 bits per heavy atom. The molecule has 0 aliphatic carbocycles. The predicted molar refractivity (Wildman–Crippen MR) is 109 cm³/mol. The molecule has 7 nitrogen and oxygen atoms in total. The first-order valence-corrected chi connectivity index (χ1v) is 10.5. The normalized spacial score (nSPS) is 36.9. The van der Waals surface area contributed by atoms with Gasteiger partial charge in [0.1, 0.15) is 18.0 Å². The van der Waals surface area contributed by atoms with Crippen LogP contribution < -0.4 is 10.6 Å². The predicted octanol–water partition coefficient (Wildman–Crippen LogP) is 2.62. The SMILES string of the molecule is CC1(C)O[C@H]2O[C@@H]3C(C4N[C@@H](c5ccccc5)[C@H](c5ccccc5)N4)=NO[C@@H]3[C@H]2O1. The van der Waals surface area contributed by atoms with Crippen LogP contribution in [0.4, 0.5) is 0 Å². The van der Waals surface area contributed by atoms with Crippen molar-refractivity contribution in [2.24, 2.45) is 5.16 Å². The third kappa shape index (κ3) is 2.97. The summed E-state index contributed by atoms with van der Waals surface area (Å²) in [6, 6.07) is 21.1. The van der Waals surface area contributed by atoms with Crippen LogP contribution in [0.2, 0.25) is 0 Å². The number of fused-ring (bicyclic) bond motifs is 3. The molecular formula is C23H25N3O4. The summed E-state index contributed by atoms with van der Waals surface area (Å²) in [5.41, 5.74) is 3.24. The van der Waals surface area contributed by atoms with Crippen molar-refractivity contribution in [1.82, 2.24) is 10.6 Å². The summed E-state index contributed by atoms with van der Waals surface area (Å²) < 4.78 is 18.0. The van der Waals surface area contributed by atoms with Crippen molar-refractivity contribution in [1.29, 1.82) is 0 Å². The van der Waals surface area contributed by atoms with E-state index in [-0.39, 0.29) is 36.6 Å². The van der Waals surface area contributed by atoms with E-state index >= 15 is 0 Å². The lowest BCUT2D eigenvalue weighted by molar-refractivity contribution is -0.206. The summed E-state index contributed by atoms with van der Waals surface area (Å²) in [6.45, 7) is 3.77. The van der Waals surface area contributed by atoms with Gasteiger partial charge in [-0.25, -0.2) is 0 Å². The highest BCUT2D eigenvalue weighted by atomic mass is 16.9. The molecular weight excluding hydrogens is 382 g/mol. The Hall–Kier alpha value is -2.29. The number of hydrogen-bond donors (Lipinski definition) is 2. The maximum absolute atomic E-state index is 6.17. The molecule has 4 aliphatic heterocycles. The van der Waals surface area contributed by atoms with Crippen LogP contribution in [0.25, 0.3) is 0 Å². The number of oxime groups is 1. The standard InChI is InChI=1S/C23H25N3O4/c1-23(2)28-20-19-18(27-22(20)29-23)17(26-30-19)21-24-15(13-9-5-3-6-10-13)16(25-21)14-11-7-4-8-12-14/h3-12,15-16,18-22,24-25H,1-2H3/t15-,16-,18+,19-,20+,22+/m0/s1. The third-order valence-electron chi connectivity index (χ3n) is 6.20. The number of ether oxygens (including phenoxy) is 3. The van der Waals surface area contributed by atoms with Crippen LogP contribution >= 0.6 is 0 Å². The molecule has 3 saturated heterocycles. The van der Waals surface area contributed by atoms with Gasteiger partial charge in [0.15, 0.2) is 24.3 Å².